The molecule has 0 bridgehead atoms. The molecule has 0 unspecified atom stereocenters. The van der Waals surface area contributed by atoms with Gasteiger partial charge >= 0.3 is 20.7 Å². The molecule has 10 nitrogen and oxygen atoms in total. The molecule has 0 heterocycles. The van der Waals surface area contributed by atoms with Gasteiger partial charge in [0.2, 0.25) is 0 Å². The predicted octanol–water partition coefficient (Wildman–Crippen LogP) is 6.74. The minimum atomic E-state index is -2.20. The van der Waals surface area contributed by atoms with Crippen molar-refractivity contribution in [1.29, 1.82) is 0 Å². The van der Waals surface area contributed by atoms with Gasteiger partial charge < -0.3 is 23.6 Å². The highest BCUT2D eigenvalue weighted by atomic mass is 32.2. The summed E-state index contributed by atoms with van der Waals surface area (Å²) in [6.07, 6.45) is 5.98. The lowest BCUT2D eigenvalue weighted by molar-refractivity contribution is -0.118. The summed E-state index contributed by atoms with van der Waals surface area (Å²) in [7, 11) is -5.85. The van der Waals surface area contributed by atoms with E-state index in [4.69, 9.17) is 13.0 Å². The van der Waals surface area contributed by atoms with Gasteiger partial charge in [-0.05, 0) is 89.7 Å². The number of thioether (sulfide) groups is 1. The molecule has 0 radical (unpaired) electrons. The number of carbonyl (C=O) groups is 4. The maximum atomic E-state index is 12.4. The minimum absolute atomic E-state index is 0.00943. The van der Waals surface area contributed by atoms with Crippen LogP contribution < -0.4 is 16.0 Å². The first kappa shape index (κ1) is 38.8. The van der Waals surface area contributed by atoms with E-state index in [-0.39, 0.29) is 17.6 Å². The number of rotatable bonds is 21. The van der Waals surface area contributed by atoms with Crippen LogP contribution in [0.4, 0.5) is 14.4 Å². The van der Waals surface area contributed by atoms with E-state index in [1.54, 1.807) is 0 Å². The van der Waals surface area contributed by atoms with Crippen LogP contribution in [0.15, 0.2) is 0 Å². The number of unbranched alkanes of at least 4 members (excludes halogenated alkanes) is 5. The Morgan fingerprint density at radius 2 is 1.32 bits per heavy atom. The number of ether oxygens (including phenoxy) is 1. The molecular weight excluding hydrogens is 583 g/mol. The number of imide groups is 1. The average Bonchev–Trinajstić information content (AvgIpc) is 2.79. The molecule has 0 aliphatic carbocycles. The Morgan fingerprint density at radius 3 is 1.93 bits per heavy atom. The lowest BCUT2D eigenvalue weighted by Crippen LogP contribution is -2.51. The number of urea groups is 1. The van der Waals surface area contributed by atoms with Crippen molar-refractivity contribution in [2.24, 2.45) is 0 Å². The van der Waals surface area contributed by atoms with Crippen molar-refractivity contribution in [3.63, 3.8) is 0 Å². The van der Waals surface area contributed by atoms with Gasteiger partial charge in [0.05, 0.1) is 6.61 Å². The Labute approximate surface area is 249 Å². The lowest BCUT2D eigenvalue weighted by Gasteiger charge is -2.37. The molecule has 0 spiro atoms. The normalized spacial score (nSPS) is 12.1. The summed E-state index contributed by atoms with van der Waals surface area (Å²) >= 11 is 1.27. The van der Waals surface area contributed by atoms with Gasteiger partial charge in [0, 0.05) is 25.9 Å². The number of hydrogen-bond donors (Lipinski definition) is 3. The van der Waals surface area contributed by atoms with E-state index in [1.807, 2.05) is 6.92 Å². The van der Waals surface area contributed by atoms with Gasteiger partial charge in [0.1, 0.15) is 5.78 Å². The molecule has 40 heavy (non-hydrogen) atoms. The molecule has 0 aromatic heterocycles. The van der Waals surface area contributed by atoms with Crippen molar-refractivity contribution in [3.8, 4) is 0 Å². The summed E-state index contributed by atoms with van der Waals surface area (Å²) in [6, 6.07) is 0.216. The first-order valence-electron chi connectivity index (χ1n) is 14.6. The summed E-state index contributed by atoms with van der Waals surface area (Å²) in [6.45, 7) is 18.3. The fourth-order valence-corrected chi connectivity index (χ4v) is 17.7. The Morgan fingerprint density at radius 1 is 0.725 bits per heavy atom. The molecule has 4 amide bonds. The molecule has 0 aromatic rings. The van der Waals surface area contributed by atoms with Crippen molar-refractivity contribution in [3.05, 3.63) is 0 Å². The van der Waals surface area contributed by atoms with Crippen LogP contribution in [0, 0.1) is 0 Å². The Hall–Kier alpha value is -1.20. The largest absolute Gasteiger partial charge is 0.449 e. The summed E-state index contributed by atoms with van der Waals surface area (Å²) in [5, 5.41) is 7.64. The molecular formula is C26H55N3O7SSi3. The summed E-state index contributed by atoms with van der Waals surface area (Å²) in [4.78, 5) is 47.2. The maximum absolute atomic E-state index is 12.4. The van der Waals surface area contributed by atoms with E-state index in [0.29, 0.717) is 32.4 Å². The number of carbonyl (C=O) groups excluding carboxylic acids is 4. The van der Waals surface area contributed by atoms with E-state index in [2.05, 4.69) is 61.8 Å². The van der Waals surface area contributed by atoms with Gasteiger partial charge in [-0.15, -0.1) is 0 Å². The third kappa shape index (κ3) is 24.6. The average molecular weight is 638 g/mol. The molecule has 0 atom stereocenters. The summed E-state index contributed by atoms with van der Waals surface area (Å²) < 4.78 is 17.8. The van der Waals surface area contributed by atoms with E-state index in [1.165, 1.54) is 11.8 Å². The third-order valence-corrected chi connectivity index (χ3v) is 16.3. The maximum Gasteiger partial charge on any atom is 0.415 e. The van der Waals surface area contributed by atoms with Crippen LogP contribution >= 0.6 is 11.8 Å². The highest BCUT2D eigenvalue weighted by molar-refractivity contribution is 8.13. The molecule has 0 saturated carbocycles. The van der Waals surface area contributed by atoms with Gasteiger partial charge in [-0.25, -0.2) is 14.9 Å². The van der Waals surface area contributed by atoms with Crippen LogP contribution in [0.3, 0.4) is 0 Å². The number of amides is 4. The van der Waals surface area contributed by atoms with E-state index in [9.17, 15) is 19.2 Å². The van der Waals surface area contributed by atoms with Crippen LogP contribution in [0.2, 0.25) is 51.9 Å². The number of alkyl carbamates (subject to hydrolysis) is 1. The highest BCUT2D eigenvalue weighted by Gasteiger charge is 2.37. The molecule has 0 aromatic carbocycles. The van der Waals surface area contributed by atoms with Crippen molar-refractivity contribution >= 4 is 60.1 Å². The first-order valence-corrected chi connectivity index (χ1v) is 24.9. The monoisotopic (exact) mass is 637 g/mol. The molecule has 14 heteroatoms. The number of Topliss-reactive ketones (excluding diaryl/α,β-unsaturated/α-hetero) is 1. The molecule has 0 aliphatic heterocycles. The minimum Gasteiger partial charge on any atom is -0.449 e. The van der Waals surface area contributed by atoms with E-state index >= 15 is 0 Å². The highest BCUT2D eigenvalue weighted by Crippen LogP contribution is 2.24. The van der Waals surface area contributed by atoms with E-state index in [0.717, 1.165) is 50.3 Å². The summed E-state index contributed by atoms with van der Waals surface area (Å²) in [5.74, 6) is 1.00. The van der Waals surface area contributed by atoms with Crippen molar-refractivity contribution in [2.45, 2.75) is 117 Å². The van der Waals surface area contributed by atoms with Crippen molar-refractivity contribution in [1.82, 2.24) is 16.0 Å². The smallest absolute Gasteiger partial charge is 0.415 e. The molecule has 0 saturated heterocycles. The second kappa shape index (κ2) is 20.6. The van der Waals surface area contributed by atoms with Crippen LogP contribution in [0.5, 0.6) is 0 Å². The van der Waals surface area contributed by atoms with Crippen molar-refractivity contribution in [2.75, 3.05) is 25.4 Å². The van der Waals surface area contributed by atoms with E-state index < -0.39 is 37.3 Å². The molecule has 3 N–H and O–H groups in total. The fraction of sp³-hybridized carbons (Fsp3) is 0.846. The Bertz CT molecular complexity index is 781. The van der Waals surface area contributed by atoms with Crippen LogP contribution in [0.25, 0.3) is 0 Å². The standard InChI is InChI=1S/C26H55N3O7SSi3/c1-9-37-26(33)28-20-15-11-10-14-19-27-24(31)29-25(32)34-21-16-12-13-17-23(30)18-22-39(5,6)36-40(7,8)35-38(2,3)4/h9-22H2,1-8H3,(H,28,33)(H2,27,29,31,32). The Balaban J connectivity index is 3.81. The molecule has 0 aliphatic rings. The lowest BCUT2D eigenvalue weighted by atomic mass is 10.1. The molecule has 234 valence electrons. The van der Waals surface area contributed by atoms with Gasteiger partial charge in [0.15, 0.2) is 16.6 Å². The predicted molar refractivity (Wildman–Crippen MR) is 171 cm³/mol. The molecule has 0 rings (SSSR count). The summed E-state index contributed by atoms with van der Waals surface area (Å²) in [5.41, 5.74) is 0. The van der Waals surface area contributed by atoms with Gasteiger partial charge in [-0.1, -0.05) is 31.5 Å². The van der Waals surface area contributed by atoms with Crippen LogP contribution in [-0.4, -0.2) is 73.8 Å². The van der Waals surface area contributed by atoms with Crippen molar-refractivity contribution < 1.29 is 32.1 Å². The first-order chi connectivity index (χ1) is 18.6. The quantitative estimate of drug-likeness (QED) is 0.0931. The number of nitrogens with one attached hydrogen (secondary N) is 3. The van der Waals surface area contributed by atoms with Gasteiger partial charge in [0.25, 0.3) is 5.24 Å². The number of ketones is 1. The fourth-order valence-electron chi connectivity index (χ4n) is 4.16. The zero-order valence-electron chi connectivity index (χ0n) is 26.2. The number of hydrogen-bond acceptors (Lipinski definition) is 8. The van der Waals surface area contributed by atoms with Gasteiger partial charge in [-0.3, -0.25) is 9.59 Å². The zero-order chi connectivity index (χ0) is 30.7. The molecule has 0 fully saturated rings. The Kier molecular flexibility index (Phi) is 20.0. The van der Waals surface area contributed by atoms with Crippen LogP contribution in [-0.2, 0) is 17.8 Å². The van der Waals surface area contributed by atoms with Gasteiger partial charge in [-0.2, -0.15) is 0 Å². The topological polar surface area (TPSA) is 132 Å². The zero-order valence-corrected chi connectivity index (χ0v) is 30.0. The SMILES string of the molecule is CCSC(=O)NCCCCCCNC(=O)NC(=O)OCCCCCC(=O)CC[Si](C)(C)O[Si](C)(C)O[Si](C)(C)C. The third-order valence-electron chi connectivity index (χ3n) is 5.56. The van der Waals surface area contributed by atoms with Crippen LogP contribution in [0.1, 0.15) is 64.7 Å². The second-order valence-electron chi connectivity index (χ2n) is 11.9. The second-order valence-corrected chi connectivity index (χ2v) is 25.8.